The number of aliphatic hydroxyl groups is 2. The number of aromatic nitrogens is 3. The minimum absolute atomic E-state index is 0.235. The Balaban J connectivity index is 1.96. The third-order valence-corrected chi connectivity index (χ3v) is 3.69. The van der Waals surface area contributed by atoms with Crippen LogP contribution in [0.25, 0.3) is 0 Å². The summed E-state index contributed by atoms with van der Waals surface area (Å²) in [6.07, 6.45) is -2.10. The fourth-order valence-corrected chi connectivity index (χ4v) is 2.34. The first-order chi connectivity index (χ1) is 11.3. The standard InChI is InChI=1S/C13H21N5O6/c1-2-3-6(14)13(22)23-4-7-8(19)9(20)12(24-7)18-5-16-11(17-18)10(15)21/h5-9,12,19-20H,2-4,14H2,1H3,(H2,15,21)/p+1/t6-,7-,8-,9-,12-/m0/s1. The maximum absolute atomic E-state index is 11.7. The molecule has 0 radical (unpaired) electrons. The Kier molecular flexibility index (Phi) is 5.83. The number of carbonyl (C=O) groups excluding carboxylic acids is 2. The van der Waals surface area contributed by atoms with E-state index in [0.717, 1.165) is 17.4 Å². The first-order valence-electron chi connectivity index (χ1n) is 7.57. The van der Waals surface area contributed by atoms with Crippen LogP contribution in [-0.4, -0.2) is 67.8 Å². The molecule has 11 heteroatoms. The lowest BCUT2D eigenvalue weighted by Gasteiger charge is -2.15. The number of nitrogens with two attached hydrogens (primary N) is 1. The van der Waals surface area contributed by atoms with Crippen LogP contribution >= 0.6 is 0 Å². The molecule has 0 saturated carbocycles. The topological polar surface area (TPSA) is 177 Å². The van der Waals surface area contributed by atoms with Crippen molar-refractivity contribution in [2.45, 2.75) is 50.3 Å². The summed E-state index contributed by atoms with van der Waals surface area (Å²) in [6, 6.07) is -0.497. The Hall–Kier alpha value is -2.08. The van der Waals surface area contributed by atoms with Gasteiger partial charge in [-0.2, -0.15) is 0 Å². The number of esters is 1. The molecule has 7 N–H and O–H groups in total. The summed E-state index contributed by atoms with van der Waals surface area (Å²) in [7, 11) is 0. The van der Waals surface area contributed by atoms with Gasteiger partial charge in [0, 0.05) is 6.42 Å². The summed E-state index contributed by atoms with van der Waals surface area (Å²) in [4.78, 5) is 26.4. The van der Waals surface area contributed by atoms with Crippen molar-refractivity contribution < 1.29 is 35.0 Å². The number of amides is 1. The summed E-state index contributed by atoms with van der Waals surface area (Å²) < 4.78 is 11.6. The number of rotatable bonds is 7. The Morgan fingerprint density at radius 2 is 2.21 bits per heavy atom. The summed E-state index contributed by atoms with van der Waals surface area (Å²) >= 11 is 0. The SMILES string of the molecule is CCC[C@H]([NH3+])C(=O)OC[C@@H]1O[C@H](n2cnc(C(N)=O)n2)[C@@H](O)[C@H]1O. The van der Waals surface area contributed by atoms with E-state index in [2.05, 4.69) is 15.8 Å². The molecule has 2 rings (SSSR count). The third kappa shape index (κ3) is 3.87. The smallest absolute Gasteiger partial charge is 0.364 e. The molecule has 1 aliphatic rings. The molecular weight excluding hydrogens is 322 g/mol. The van der Waals surface area contributed by atoms with Crippen LogP contribution in [0.15, 0.2) is 6.33 Å². The number of hydrogen-bond acceptors (Lipinski definition) is 8. The minimum Gasteiger partial charge on any atom is -0.458 e. The molecule has 134 valence electrons. The lowest BCUT2D eigenvalue weighted by molar-refractivity contribution is -0.410. The first-order valence-corrected chi connectivity index (χ1v) is 7.57. The van der Waals surface area contributed by atoms with Gasteiger partial charge in [-0.05, 0) is 6.42 Å². The molecule has 24 heavy (non-hydrogen) atoms. The number of carbonyl (C=O) groups is 2. The third-order valence-electron chi connectivity index (χ3n) is 3.69. The number of hydrogen-bond donors (Lipinski definition) is 4. The monoisotopic (exact) mass is 344 g/mol. The zero-order valence-corrected chi connectivity index (χ0v) is 13.2. The van der Waals surface area contributed by atoms with Crippen LogP contribution in [-0.2, 0) is 14.3 Å². The Bertz CT molecular complexity index is 593. The largest absolute Gasteiger partial charge is 0.458 e. The fraction of sp³-hybridized carbons (Fsp3) is 0.692. The molecule has 0 aromatic carbocycles. The second kappa shape index (κ2) is 7.66. The zero-order valence-electron chi connectivity index (χ0n) is 13.2. The van der Waals surface area contributed by atoms with Crippen molar-refractivity contribution in [2.75, 3.05) is 6.61 Å². The average Bonchev–Trinajstić information content (AvgIpc) is 3.12. The van der Waals surface area contributed by atoms with Crippen LogP contribution in [0.4, 0.5) is 0 Å². The van der Waals surface area contributed by atoms with Gasteiger partial charge in [-0.1, -0.05) is 6.92 Å². The predicted molar refractivity (Wildman–Crippen MR) is 77.0 cm³/mol. The molecule has 11 nitrogen and oxygen atoms in total. The van der Waals surface area contributed by atoms with E-state index in [1.54, 1.807) is 0 Å². The number of nitrogens with zero attached hydrogens (tertiary/aromatic N) is 3. The van der Waals surface area contributed by atoms with Crippen molar-refractivity contribution >= 4 is 11.9 Å². The van der Waals surface area contributed by atoms with Crippen molar-refractivity contribution in [1.29, 1.82) is 0 Å². The normalized spacial score (nSPS) is 27.8. The average molecular weight is 344 g/mol. The van der Waals surface area contributed by atoms with Gasteiger partial charge in [0.25, 0.3) is 5.91 Å². The molecule has 1 aliphatic heterocycles. The van der Waals surface area contributed by atoms with Crippen molar-refractivity contribution in [3.63, 3.8) is 0 Å². The molecule has 0 spiro atoms. The highest BCUT2D eigenvalue weighted by Gasteiger charge is 2.45. The van der Waals surface area contributed by atoms with Gasteiger partial charge in [-0.25, -0.2) is 14.5 Å². The molecule has 0 bridgehead atoms. The highest BCUT2D eigenvalue weighted by Crippen LogP contribution is 2.28. The van der Waals surface area contributed by atoms with Gasteiger partial charge in [-0.3, -0.25) is 4.79 Å². The molecule has 2 heterocycles. The van der Waals surface area contributed by atoms with Crippen molar-refractivity contribution in [1.82, 2.24) is 14.8 Å². The summed E-state index contributed by atoms with van der Waals surface area (Å²) in [5.74, 6) is -1.57. The van der Waals surface area contributed by atoms with E-state index < -0.39 is 42.5 Å². The van der Waals surface area contributed by atoms with Crippen LogP contribution in [0, 0.1) is 0 Å². The molecule has 5 atom stereocenters. The quantitative estimate of drug-likeness (QED) is 0.377. The van der Waals surface area contributed by atoms with E-state index >= 15 is 0 Å². The fourth-order valence-electron chi connectivity index (χ4n) is 2.34. The van der Waals surface area contributed by atoms with E-state index in [9.17, 15) is 19.8 Å². The second-order valence-corrected chi connectivity index (χ2v) is 5.57. The zero-order chi connectivity index (χ0) is 17.9. The van der Waals surface area contributed by atoms with Crippen molar-refractivity contribution in [3.8, 4) is 0 Å². The van der Waals surface area contributed by atoms with Gasteiger partial charge in [0.2, 0.25) is 5.82 Å². The Morgan fingerprint density at radius 1 is 1.50 bits per heavy atom. The molecule has 0 unspecified atom stereocenters. The molecular formula is C13H22N5O6+. The van der Waals surface area contributed by atoms with Gasteiger partial charge in [-0.15, -0.1) is 5.10 Å². The lowest BCUT2D eigenvalue weighted by atomic mass is 10.1. The number of primary amides is 1. The van der Waals surface area contributed by atoms with E-state index in [1.807, 2.05) is 6.92 Å². The Labute approximate surface area is 137 Å². The highest BCUT2D eigenvalue weighted by molar-refractivity contribution is 5.88. The minimum atomic E-state index is -1.33. The molecule has 1 saturated heterocycles. The summed E-state index contributed by atoms with van der Waals surface area (Å²) in [5, 5.41) is 23.9. The van der Waals surface area contributed by atoms with E-state index in [0.29, 0.717) is 6.42 Å². The van der Waals surface area contributed by atoms with Crippen LogP contribution in [0.3, 0.4) is 0 Å². The van der Waals surface area contributed by atoms with Crippen LogP contribution in [0.2, 0.25) is 0 Å². The van der Waals surface area contributed by atoms with Gasteiger partial charge >= 0.3 is 5.97 Å². The van der Waals surface area contributed by atoms with Crippen molar-refractivity contribution in [3.05, 3.63) is 12.2 Å². The number of ether oxygens (including phenoxy) is 2. The maximum atomic E-state index is 11.7. The maximum Gasteiger partial charge on any atom is 0.364 e. The van der Waals surface area contributed by atoms with E-state index in [1.165, 1.54) is 0 Å². The first kappa shape index (κ1) is 18.3. The van der Waals surface area contributed by atoms with Gasteiger partial charge in [0.15, 0.2) is 12.3 Å². The van der Waals surface area contributed by atoms with Crippen molar-refractivity contribution in [2.24, 2.45) is 5.73 Å². The lowest BCUT2D eigenvalue weighted by Crippen LogP contribution is -2.65. The van der Waals surface area contributed by atoms with Crippen LogP contribution in [0.5, 0.6) is 0 Å². The molecule has 1 amide bonds. The second-order valence-electron chi connectivity index (χ2n) is 5.57. The number of aliphatic hydroxyl groups excluding tert-OH is 2. The number of quaternary nitrogens is 1. The van der Waals surface area contributed by atoms with Crippen LogP contribution < -0.4 is 11.5 Å². The molecule has 0 aliphatic carbocycles. The predicted octanol–water partition coefficient (Wildman–Crippen LogP) is -3.05. The van der Waals surface area contributed by atoms with Crippen LogP contribution in [0.1, 0.15) is 36.6 Å². The summed E-state index contributed by atoms with van der Waals surface area (Å²) in [6.45, 7) is 1.69. The molecule has 1 fully saturated rings. The highest BCUT2D eigenvalue weighted by atomic mass is 16.6. The Morgan fingerprint density at radius 3 is 2.79 bits per heavy atom. The molecule has 1 aromatic rings. The van der Waals surface area contributed by atoms with Gasteiger partial charge in [0.1, 0.15) is 31.2 Å². The molecule has 1 aromatic heterocycles. The van der Waals surface area contributed by atoms with E-state index in [-0.39, 0.29) is 12.4 Å². The van der Waals surface area contributed by atoms with Gasteiger partial charge < -0.3 is 31.2 Å². The van der Waals surface area contributed by atoms with E-state index in [4.69, 9.17) is 15.2 Å². The summed E-state index contributed by atoms with van der Waals surface area (Å²) in [5.41, 5.74) is 8.75. The van der Waals surface area contributed by atoms with Gasteiger partial charge in [0.05, 0.1) is 0 Å².